The summed E-state index contributed by atoms with van der Waals surface area (Å²) in [5.41, 5.74) is 2.31. The smallest absolute Gasteiger partial charge is 0.239 e. The summed E-state index contributed by atoms with van der Waals surface area (Å²) in [6.45, 7) is 4.00. The second-order valence-corrected chi connectivity index (χ2v) is 4.50. The summed E-state index contributed by atoms with van der Waals surface area (Å²) in [5.74, 6) is -0.551. The molecule has 0 saturated heterocycles. The number of nitrogens with zero attached hydrogens (tertiary/aromatic N) is 1. The number of pyridine rings is 1. The van der Waals surface area contributed by atoms with Crippen LogP contribution in [0.1, 0.15) is 24.3 Å². The van der Waals surface area contributed by atoms with E-state index in [2.05, 4.69) is 15.0 Å². The summed E-state index contributed by atoms with van der Waals surface area (Å²) in [5, 5.41) is 2.56. The highest BCUT2D eigenvalue weighted by Crippen LogP contribution is 2.23. The number of amides is 1. The van der Waals surface area contributed by atoms with Gasteiger partial charge in [-0.2, -0.15) is 0 Å². The molecule has 6 heteroatoms. The zero-order chi connectivity index (χ0) is 18.4. The highest BCUT2D eigenvalue weighted by molar-refractivity contribution is 6.29. The minimum atomic E-state index is -0.378. The SMILES string of the molecule is CC.COC.O=Cc1ncc(-c2ccccc2)cc1NC(=O)CCl. The number of hydrogen-bond acceptors (Lipinski definition) is 4. The van der Waals surface area contributed by atoms with Gasteiger partial charge in [0, 0.05) is 26.0 Å². The third kappa shape index (κ3) is 7.35. The lowest BCUT2D eigenvalue weighted by atomic mass is 10.1. The molecule has 24 heavy (non-hydrogen) atoms. The number of anilines is 1. The normalized spacial score (nSPS) is 8.88. The average Bonchev–Trinajstić information content (AvgIpc) is 2.64. The maximum Gasteiger partial charge on any atom is 0.239 e. The Morgan fingerprint density at radius 3 is 2.29 bits per heavy atom. The molecule has 0 radical (unpaired) electrons. The molecular formula is C18H23ClN2O3. The van der Waals surface area contributed by atoms with Crippen LogP contribution in [0.3, 0.4) is 0 Å². The lowest BCUT2D eigenvalue weighted by molar-refractivity contribution is -0.113. The van der Waals surface area contributed by atoms with Gasteiger partial charge in [0.2, 0.25) is 5.91 Å². The summed E-state index contributed by atoms with van der Waals surface area (Å²) in [7, 11) is 3.25. The fraction of sp³-hybridized carbons (Fsp3) is 0.278. The van der Waals surface area contributed by atoms with Crippen LogP contribution < -0.4 is 5.32 Å². The molecule has 0 fully saturated rings. The lowest BCUT2D eigenvalue weighted by Gasteiger charge is -2.08. The van der Waals surface area contributed by atoms with Gasteiger partial charge in [0.1, 0.15) is 11.6 Å². The van der Waals surface area contributed by atoms with Crippen molar-refractivity contribution in [2.75, 3.05) is 25.4 Å². The highest BCUT2D eigenvalue weighted by atomic mass is 35.5. The molecule has 0 spiro atoms. The molecule has 0 bridgehead atoms. The number of nitrogens with one attached hydrogen (secondary N) is 1. The molecule has 0 unspecified atom stereocenters. The number of carbonyl (C=O) groups excluding carboxylic acids is 2. The van der Waals surface area contributed by atoms with Crippen LogP contribution in [-0.2, 0) is 9.53 Å². The van der Waals surface area contributed by atoms with E-state index in [0.29, 0.717) is 12.0 Å². The Bertz CT molecular complexity index is 619. The second kappa shape index (κ2) is 13.2. The van der Waals surface area contributed by atoms with E-state index < -0.39 is 0 Å². The molecule has 130 valence electrons. The van der Waals surface area contributed by atoms with Crippen LogP contribution in [0.4, 0.5) is 5.69 Å². The van der Waals surface area contributed by atoms with Crippen LogP contribution in [0, 0.1) is 0 Å². The van der Waals surface area contributed by atoms with E-state index in [1.807, 2.05) is 44.2 Å². The topological polar surface area (TPSA) is 68.3 Å². The van der Waals surface area contributed by atoms with Crippen molar-refractivity contribution in [3.63, 3.8) is 0 Å². The van der Waals surface area contributed by atoms with Crippen LogP contribution in [0.5, 0.6) is 0 Å². The van der Waals surface area contributed by atoms with Crippen molar-refractivity contribution in [2.45, 2.75) is 13.8 Å². The van der Waals surface area contributed by atoms with E-state index in [1.165, 1.54) is 0 Å². The monoisotopic (exact) mass is 350 g/mol. The number of alkyl halides is 1. The summed E-state index contributed by atoms with van der Waals surface area (Å²) < 4.78 is 4.25. The van der Waals surface area contributed by atoms with Gasteiger partial charge >= 0.3 is 0 Å². The van der Waals surface area contributed by atoms with Crippen molar-refractivity contribution in [1.29, 1.82) is 0 Å². The fourth-order valence-corrected chi connectivity index (χ4v) is 1.71. The molecule has 0 aliphatic carbocycles. The molecule has 1 amide bonds. The Morgan fingerprint density at radius 2 is 1.79 bits per heavy atom. The van der Waals surface area contributed by atoms with Crippen LogP contribution in [0.15, 0.2) is 42.6 Å². The maximum atomic E-state index is 11.3. The fourth-order valence-electron chi connectivity index (χ4n) is 1.64. The van der Waals surface area contributed by atoms with Crippen molar-refractivity contribution < 1.29 is 14.3 Å². The number of ether oxygens (including phenoxy) is 1. The Hall–Kier alpha value is -2.24. The quantitative estimate of drug-likeness (QED) is 0.667. The third-order valence-corrected chi connectivity index (χ3v) is 2.78. The molecule has 2 rings (SSSR count). The van der Waals surface area contributed by atoms with Crippen molar-refractivity contribution >= 4 is 29.5 Å². The minimum Gasteiger partial charge on any atom is -0.388 e. The summed E-state index contributed by atoms with van der Waals surface area (Å²) in [6, 6.07) is 11.3. The van der Waals surface area contributed by atoms with E-state index in [-0.39, 0.29) is 17.5 Å². The number of benzene rings is 1. The van der Waals surface area contributed by atoms with Gasteiger partial charge in [-0.3, -0.25) is 14.6 Å². The molecule has 0 saturated carbocycles. The van der Waals surface area contributed by atoms with E-state index >= 15 is 0 Å². The molecule has 1 aromatic heterocycles. The first-order chi connectivity index (χ1) is 11.7. The molecule has 1 aromatic carbocycles. The molecular weight excluding hydrogens is 328 g/mol. The van der Waals surface area contributed by atoms with Gasteiger partial charge in [-0.1, -0.05) is 44.2 Å². The first-order valence-corrected chi connectivity index (χ1v) is 7.96. The van der Waals surface area contributed by atoms with Crippen molar-refractivity contribution in [2.24, 2.45) is 0 Å². The zero-order valence-corrected chi connectivity index (χ0v) is 15.1. The Labute approximate surface area is 148 Å². The maximum absolute atomic E-state index is 11.3. The third-order valence-electron chi connectivity index (χ3n) is 2.53. The lowest BCUT2D eigenvalue weighted by Crippen LogP contribution is -2.14. The first kappa shape index (κ1) is 21.8. The Kier molecular flexibility index (Phi) is 12.0. The van der Waals surface area contributed by atoms with E-state index in [0.717, 1.165) is 11.1 Å². The molecule has 0 atom stereocenters. The predicted molar refractivity (Wildman–Crippen MR) is 98.7 cm³/mol. The van der Waals surface area contributed by atoms with Gasteiger partial charge in [-0.05, 0) is 11.6 Å². The van der Waals surface area contributed by atoms with Gasteiger partial charge < -0.3 is 10.1 Å². The highest BCUT2D eigenvalue weighted by Gasteiger charge is 2.09. The molecule has 1 N–H and O–H groups in total. The van der Waals surface area contributed by atoms with Crippen LogP contribution in [-0.4, -0.2) is 37.3 Å². The molecule has 0 aliphatic rings. The average molecular weight is 351 g/mol. The molecule has 2 aromatic rings. The Balaban J connectivity index is 0.000000952. The van der Waals surface area contributed by atoms with Crippen LogP contribution in [0.25, 0.3) is 11.1 Å². The van der Waals surface area contributed by atoms with Crippen LogP contribution >= 0.6 is 11.6 Å². The number of methoxy groups -OCH3 is 1. The standard InChI is InChI=1S/C14H11ClN2O2.C2H6O.C2H6/c15-7-14(19)17-12-6-11(8-16-13(12)9-18)10-4-2-1-3-5-10;1-3-2;1-2/h1-6,8-9H,7H2,(H,17,19);1-2H3;1-2H3. The minimum absolute atomic E-state index is 0.173. The predicted octanol–water partition coefficient (Wildman–Crippen LogP) is 4.03. The van der Waals surface area contributed by atoms with Gasteiger partial charge in [0.25, 0.3) is 0 Å². The summed E-state index contributed by atoms with van der Waals surface area (Å²) >= 11 is 5.43. The number of aldehydes is 1. The first-order valence-electron chi connectivity index (χ1n) is 7.42. The molecule has 5 nitrogen and oxygen atoms in total. The number of rotatable bonds is 4. The van der Waals surface area contributed by atoms with Crippen molar-refractivity contribution in [3.05, 3.63) is 48.3 Å². The molecule has 0 aliphatic heterocycles. The van der Waals surface area contributed by atoms with E-state index in [1.54, 1.807) is 26.5 Å². The number of halogens is 1. The zero-order valence-electron chi connectivity index (χ0n) is 14.4. The van der Waals surface area contributed by atoms with E-state index in [9.17, 15) is 9.59 Å². The molecule has 1 heterocycles. The number of aromatic nitrogens is 1. The van der Waals surface area contributed by atoms with Gasteiger partial charge in [0.05, 0.1) is 5.69 Å². The Morgan fingerprint density at radius 1 is 1.21 bits per heavy atom. The van der Waals surface area contributed by atoms with E-state index in [4.69, 9.17) is 11.6 Å². The van der Waals surface area contributed by atoms with Gasteiger partial charge in [-0.15, -0.1) is 11.6 Å². The number of hydrogen-bond donors (Lipinski definition) is 1. The van der Waals surface area contributed by atoms with Gasteiger partial charge in [-0.25, -0.2) is 0 Å². The van der Waals surface area contributed by atoms with Gasteiger partial charge in [0.15, 0.2) is 6.29 Å². The summed E-state index contributed by atoms with van der Waals surface area (Å²) in [4.78, 5) is 26.2. The second-order valence-electron chi connectivity index (χ2n) is 4.23. The van der Waals surface area contributed by atoms with Crippen LogP contribution in [0.2, 0.25) is 0 Å². The van der Waals surface area contributed by atoms with Crippen molar-refractivity contribution in [1.82, 2.24) is 4.98 Å². The number of carbonyl (C=O) groups is 2. The largest absolute Gasteiger partial charge is 0.388 e. The summed E-state index contributed by atoms with van der Waals surface area (Å²) in [6.07, 6.45) is 2.19. The van der Waals surface area contributed by atoms with Crippen molar-refractivity contribution in [3.8, 4) is 11.1 Å².